The molecule has 0 saturated carbocycles. The summed E-state index contributed by atoms with van der Waals surface area (Å²) in [7, 11) is 0. The molecule has 0 unspecified atom stereocenters. The third-order valence-corrected chi connectivity index (χ3v) is 10.6. The second-order valence-electron chi connectivity index (χ2n) is 14.1. The van der Waals surface area contributed by atoms with E-state index >= 15 is 0 Å². The number of thioether (sulfide) groups is 1. The molecule has 0 aliphatic carbocycles. The Kier molecular flexibility index (Phi) is 24.7. The van der Waals surface area contributed by atoms with Crippen LogP contribution >= 0.6 is 37.0 Å². The normalized spacial score (nSPS) is 18.4. The van der Waals surface area contributed by atoms with Gasteiger partial charge < -0.3 is 79.1 Å². The molecule has 25 nitrogen and oxygen atoms in total. The maximum Gasteiger partial charge on any atom is 0.327 e. The molecular weight excluding hydrogens is 885 g/mol. The van der Waals surface area contributed by atoms with E-state index in [1.807, 2.05) is 0 Å². The van der Waals surface area contributed by atoms with Crippen LogP contribution in [-0.2, 0) is 47.9 Å². The van der Waals surface area contributed by atoms with Crippen LogP contribution in [0, 0.1) is 0 Å². The van der Waals surface area contributed by atoms with Gasteiger partial charge in [0.15, 0.2) is 0 Å². The van der Waals surface area contributed by atoms with Gasteiger partial charge in [-0.05, 0) is 45.1 Å². The molecule has 62 heavy (non-hydrogen) atoms. The third kappa shape index (κ3) is 17.4. The van der Waals surface area contributed by atoms with Gasteiger partial charge in [-0.25, -0.2) is 4.79 Å². The van der Waals surface area contributed by atoms with E-state index in [1.54, 1.807) is 6.26 Å². The molecule has 1 aliphatic rings. The Hall–Kier alpha value is -4.45. The van der Waals surface area contributed by atoms with E-state index in [0.29, 0.717) is 5.75 Å². The lowest BCUT2D eigenvalue weighted by atomic mass is 10.1. The minimum Gasteiger partial charge on any atom is -0.480 e. The summed E-state index contributed by atoms with van der Waals surface area (Å²) in [5.41, 5.74) is 10.9. The SMILES string of the molecule is CSCC[C@H](NC(=O)[C@H](CC(N)=O)NC(=O)[C@@H]1CCCN1C(=O)[C@H](CO)NC(=O)[C@@H](NC(=O)[C@@H](NC(=O)[C@H](CO)NC(=O)[C@@H](N)CS)[C@@H](C)O)[C@@H](C)O)C(=O)N[C@@H](CS)C(=O)O. The van der Waals surface area contributed by atoms with E-state index in [9.17, 15) is 73.5 Å². The van der Waals surface area contributed by atoms with Crippen LogP contribution < -0.4 is 48.7 Å². The van der Waals surface area contributed by atoms with Crippen molar-refractivity contribution < 1.29 is 73.5 Å². The highest BCUT2D eigenvalue weighted by Crippen LogP contribution is 2.19. The Morgan fingerprint density at radius 2 is 1.18 bits per heavy atom. The predicted molar refractivity (Wildman–Crippen MR) is 226 cm³/mol. The molecule has 28 heteroatoms. The second kappa shape index (κ2) is 27.6. The first-order valence-corrected chi connectivity index (χ1v) is 21.7. The number of aliphatic hydroxyl groups is 4. The van der Waals surface area contributed by atoms with Crippen molar-refractivity contribution in [3.05, 3.63) is 0 Å². The number of carboxylic acid groups (broad SMARTS) is 1. The van der Waals surface area contributed by atoms with Crippen molar-refractivity contribution in [1.82, 2.24) is 42.1 Å². The van der Waals surface area contributed by atoms with Crippen molar-refractivity contribution in [3.63, 3.8) is 0 Å². The molecule has 0 spiro atoms. The fourth-order valence-corrected chi connectivity index (χ4v) is 6.61. The molecule has 0 aromatic heterocycles. The molecule has 9 amide bonds. The first kappa shape index (κ1) is 55.6. The number of nitrogens with one attached hydrogen (secondary N) is 7. The second-order valence-corrected chi connectivity index (χ2v) is 15.8. The van der Waals surface area contributed by atoms with Crippen LogP contribution in [0.15, 0.2) is 0 Å². The minimum atomic E-state index is -1.88. The van der Waals surface area contributed by atoms with Gasteiger partial charge in [-0.15, -0.1) is 0 Å². The van der Waals surface area contributed by atoms with Crippen LogP contribution in [0.5, 0.6) is 0 Å². The van der Waals surface area contributed by atoms with Gasteiger partial charge in [0.2, 0.25) is 53.2 Å². The fraction of sp³-hybridized carbons (Fsp3) is 0.706. The van der Waals surface area contributed by atoms with Crippen molar-refractivity contribution in [2.75, 3.05) is 43.3 Å². The van der Waals surface area contributed by atoms with Crippen LogP contribution in [0.1, 0.15) is 39.5 Å². The number of aliphatic hydroxyl groups excluding tert-OH is 4. The Bertz CT molecular complexity index is 1610. The molecule has 0 radical (unpaired) electrons. The van der Waals surface area contributed by atoms with E-state index in [4.69, 9.17) is 11.5 Å². The van der Waals surface area contributed by atoms with Crippen LogP contribution in [0.3, 0.4) is 0 Å². The van der Waals surface area contributed by atoms with Gasteiger partial charge in [0, 0.05) is 18.1 Å². The topological polar surface area (TPSA) is 411 Å². The molecule has 16 N–H and O–H groups in total. The van der Waals surface area contributed by atoms with Crippen molar-refractivity contribution >= 4 is 96.2 Å². The average molecular weight is 943 g/mol. The number of carbonyl (C=O) groups excluding carboxylic acids is 9. The van der Waals surface area contributed by atoms with Gasteiger partial charge >= 0.3 is 5.97 Å². The van der Waals surface area contributed by atoms with Crippen molar-refractivity contribution in [3.8, 4) is 0 Å². The lowest BCUT2D eigenvalue weighted by Gasteiger charge is -2.31. The summed E-state index contributed by atoms with van der Waals surface area (Å²) in [6, 6.07) is -14.0. The number of amides is 9. The summed E-state index contributed by atoms with van der Waals surface area (Å²) in [5, 5.41) is 65.4. The number of rotatable bonds is 27. The van der Waals surface area contributed by atoms with Crippen molar-refractivity contribution in [1.29, 1.82) is 0 Å². The van der Waals surface area contributed by atoms with E-state index in [2.05, 4.69) is 62.5 Å². The molecule has 0 aromatic carbocycles. The van der Waals surface area contributed by atoms with Crippen molar-refractivity contribution in [2.45, 2.75) is 106 Å². The molecule has 1 aliphatic heterocycles. The number of thiol groups is 2. The number of primary amides is 1. The highest BCUT2D eigenvalue weighted by molar-refractivity contribution is 7.98. The lowest BCUT2D eigenvalue weighted by Crippen LogP contribution is -2.63. The number of aliphatic carboxylic acids is 1. The first-order valence-electron chi connectivity index (χ1n) is 19.1. The van der Waals surface area contributed by atoms with E-state index in [1.165, 1.54) is 11.8 Å². The molecule has 352 valence electrons. The van der Waals surface area contributed by atoms with Gasteiger partial charge in [0.1, 0.15) is 48.3 Å². The Morgan fingerprint density at radius 1 is 0.694 bits per heavy atom. The summed E-state index contributed by atoms with van der Waals surface area (Å²) in [6.07, 6.45) is -2.14. The number of carbonyl (C=O) groups is 10. The lowest BCUT2D eigenvalue weighted by molar-refractivity contribution is -0.144. The van der Waals surface area contributed by atoms with Gasteiger partial charge in [0.05, 0.1) is 37.9 Å². The zero-order chi connectivity index (χ0) is 47.4. The minimum absolute atomic E-state index is 0.00919. The molecule has 1 fully saturated rings. The number of carboxylic acids is 1. The quantitative estimate of drug-likeness (QED) is 0.0340. The van der Waals surface area contributed by atoms with E-state index < -0.39 is 145 Å². The van der Waals surface area contributed by atoms with Gasteiger partial charge in [0.25, 0.3) is 0 Å². The number of hydrogen-bond donors (Lipinski definition) is 16. The number of hydrogen-bond acceptors (Lipinski definition) is 18. The highest BCUT2D eigenvalue weighted by Gasteiger charge is 2.41. The maximum absolute atomic E-state index is 13.7. The number of nitrogens with two attached hydrogens (primary N) is 2. The molecule has 0 aromatic rings. The third-order valence-electron chi connectivity index (χ3n) is 9.19. The van der Waals surface area contributed by atoms with E-state index in [0.717, 1.165) is 18.7 Å². The monoisotopic (exact) mass is 942 g/mol. The first-order chi connectivity index (χ1) is 29.1. The fourth-order valence-electron chi connectivity index (χ4n) is 5.73. The maximum atomic E-state index is 13.7. The zero-order valence-electron chi connectivity index (χ0n) is 34.1. The van der Waals surface area contributed by atoms with Crippen LogP contribution in [0.4, 0.5) is 0 Å². The summed E-state index contributed by atoms with van der Waals surface area (Å²) in [4.78, 5) is 130. The number of likely N-dealkylation sites (tertiary alicyclic amines) is 1. The molecule has 1 heterocycles. The summed E-state index contributed by atoms with van der Waals surface area (Å²) in [6.45, 7) is 0.0605. The number of nitrogens with zero attached hydrogens (tertiary/aromatic N) is 1. The molecular formula is C34H58N10O15S3. The van der Waals surface area contributed by atoms with Crippen LogP contribution in [-0.4, -0.2) is 199 Å². The molecule has 1 saturated heterocycles. The predicted octanol–water partition coefficient (Wildman–Crippen LogP) is -7.98. The smallest absolute Gasteiger partial charge is 0.327 e. The highest BCUT2D eigenvalue weighted by atomic mass is 32.2. The Morgan fingerprint density at radius 3 is 1.66 bits per heavy atom. The average Bonchev–Trinajstić information content (AvgIpc) is 3.72. The van der Waals surface area contributed by atoms with Gasteiger partial charge in [-0.3, -0.25) is 43.2 Å². The van der Waals surface area contributed by atoms with Crippen LogP contribution in [0.2, 0.25) is 0 Å². The summed E-state index contributed by atoms with van der Waals surface area (Å²) >= 11 is 9.09. The van der Waals surface area contributed by atoms with Gasteiger partial charge in [-0.1, -0.05) is 0 Å². The standard InChI is InChI=1S/C34H58N10O15S3/c1-14(47)24(43-32(56)25(15(2)48)42-29(53)19(10-45)39-26(50)16(35)12-60)31(55)40-20(11-46)33(57)44-7-4-5-22(44)30(54)38-18(9-23(36)49)28(52)37-17(6-8-62-3)27(51)41-21(13-61)34(58)59/h14-22,24-25,45-48,60-61H,4-13,35H2,1-3H3,(H2,36,49)(H,37,52)(H,38,54)(H,39,50)(H,40,55)(H,41,51)(H,42,53)(H,43,56)(H,58,59)/t14-,15-,16+,17+,18+,19+,20+,21+,22+,24+,25+/m1/s1. The Labute approximate surface area is 371 Å². The van der Waals surface area contributed by atoms with Crippen LogP contribution in [0.25, 0.3) is 0 Å². The molecule has 11 atom stereocenters. The summed E-state index contributed by atoms with van der Waals surface area (Å²) in [5.74, 6) is -10.8. The van der Waals surface area contributed by atoms with Crippen molar-refractivity contribution in [2.24, 2.45) is 11.5 Å². The molecule has 1 rings (SSSR count). The van der Waals surface area contributed by atoms with E-state index in [-0.39, 0.29) is 37.3 Å². The van der Waals surface area contributed by atoms with Gasteiger partial charge in [-0.2, -0.15) is 37.0 Å². The largest absolute Gasteiger partial charge is 0.480 e. The summed E-state index contributed by atoms with van der Waals surface area (Å²) < 4.78 is 0. The Balaban J connectivity index is 3.19. The zero-order valence-corrected chi connectivity index (χ0v) is 36.8. The molecule has 0 bridgehead atoms.